The number of hydrogen-bond acceptors (Lipinski definition) is 3. The van der Waals surface area contributed by atoms with Crippen LogP contribution < -0.4 is 0 Å². The van der Waals surface area contributed by atoms with Crippen LogP contribution in [-0.2, 0) is 14.3 Å². The van der Waals surface area contributed by atoms with Crippen molar-refractivity contribution in [2.45, 2.75) is 57.3 Å². The third-order valence-electron chi connectivity index (χ3n) is 4.57. The van der Waals surface area contributed by atoms with Crippen molar-refractivity contribution in [1.29, 1.82) is 0 Å². The summed E-state index contributed by atoms with van der Waals surface area (Å²) in [5.41, 5.74) is 1.91. The lowest BCUT2D eigenvalue weighted by atomic mass is 9.84. The summed E-state index contributed by atoms with van der Waals surface area (Å²) >= 11 is 0. The Hall–Kier alpha value is -1.09. The van der Waals surface area contributed by atoms with Crippen LogP contribution in [0.15, 0.2) is 23.8 Å². The number of allylic oxidation sites excluding steroid dienone is 2. The van der Waals surface area contributed by atoms with Gasteiger partial charge in [0, 0.05) is 11.5 Å². The molecule has 2 aliphatic heterocycles. The second-order valence-corrected chi connectivity index (χ2v) is 5.98. The van der Waals surface area contributed by atoms with Gasteiger partial charge in [0.05, 0.1) is 5.60 Å². The summed E-state index contributed by atoms with van der Waals surface area (Å²) in [5, 5.41) is 0. The van der Waals surface area contributed by atoms with Crippen LogP contribution >= 0.6 is 0 Å². The van der Waals surface area contributed by atoms with Crippen LogP contribution in [0.4, 0.5) is 0 Å². The molecule has 0 bridgehead atoms. The highest BCUT2D eigenvalue weighted by atomic mass is 16.6. The summed E-state index contributed by atoms with van der Waals surface area (Å²) < 4.78 is 11.3. The maximum absolute atomic E-state index is 11.7. The van der Waals surface area contributed by atoms with Crippen molar-refractivity contribution in [2.75, 3.05) is 0 Å². The summed E-state index contributed by atoms with van der Waals surface area (Å²) in [5.74, 6) is -0.102. The fourth-order valence-corrected chi connectivity index (χ4v) is 3.20. The molecule has 0 saturated carbocycles. The number of carbonyl (C=O) groups is 1. The monoisotopic (exact) mass is 248 g/mol. The average Bonchev–Trinajstić information content (AvgIpc) is 2.90. The van der Waals surface area contributed by atoms with Gasteiger partial charge in [0.25, 0.3) is 0 Å². The van der Waals surface area contributed by atoms with Crippen molar-refractivity contribution < 1.29 is 14.3 Å². The van der Waals surface area contributed by atoms with Gasteiger partial charge in [-0.2, -0.15) is 0 Å². The van der Waals surface area contributed by atoms with Crippen molar-refractivity contribution in [3.63, 3.8) is 0 Å². The van der Waals surface area contributed by atoms with Gasteiger partial charge in [-0.3, -0.25) is 0 Å². The number of epoxide rings is 1. The van der Waals surface area contributed by atoms with Crippen molar-refractivity contribution in [1.82, 2.24) is 0 Å². The fourth-order valence-electron chi connectivity index (χ4n) is 3.20. The van der Waals surface area contributed by atoms with Gasteiger partial charge in [0.15, 0.2) is 0 Å². The largest absolute Gasteiger partial charge is 0.455 e. The summed E-state index contributed by atoms with van der Waals surface area (Å²) in [4.78, 5) is 11.7. The van der Waals surface area contributed by atoms with E-state index in [-0.39, 0.29) is 29.7 Å². The normalized spacial score (nSPS) is 46.6. The molecule has 2 heterocycles. The Morgan fingerprint density at radius 2 is 2.28 bits per heavy atom. The highest BCUT2D eigenvalue weighted by Crippen LogP contribution is 2.49. The first-order valence-electron chi connectivity index (χ1n) is 6.74. The summed E-state index contributed by atoms with van der Waals surface area (Å²) in [6, 6.07) is 0. The van der Waals surface area contributed by atoms with E-state index >= 15 is 0 Å². The molecule has 1 aliphatic carbocycles. The standard InChI is InChI=1S/C15H20O3/c1-9-5-4-8-15(3)13(18-15)12-11(7-6-9)10(2)14(16)17-12/h5,11-13H,2,4,6-8H2,1,3H3/b9-5-/t11-,12-,13+,15-/m1/s1. The van der Waals surface area contributed by atoms with E-state index in [2.05, 4.69) is 26.5 Å². The highest BCUT2D eigenvalue weighted by Gasteiger charge is 2.61. The minimum absolute atomic E-state index is 0.0671. The van der Waals surface area contributed by atoms with Crippen LogP contribution in [0.25, 0.3) is 0 Å². The third-order valence-corrected chi connectivity index (χ3v) is 4.57. The molecule has 0 spiro atoms. The lowest BCUT2D eigenvalue weighted by molar-refractivity contribution is -0.140. The van der Waals surface area contributed by atoms with Gasteiger partial charge in [0.1, 0.15) is 12.2 Å². The maximum Gasteiger partial charge on any atom is 0.334 e. The summed E-state index contributed by atoms with van der Waals surface area (Å²) in [7, 11) is 0. The van der Waals surface area contributed by atoms with E-state index in [4.69, 9.17) is 9.47 Å². The van der Waals surface area contributed by atoms with Crippen molar-refractivity contribution in [3.05, 3.63) is 23.8 Å². The van der Waals surface area contributed by atoms with Crippen molar-refractivity contribution in [2.24, 2.45) is 5.92 Å². The molecule has 0 radical (unpaired) electrons. The van der Waals surface area contributed by atoms with E-state index in [1.54, 1.807) is 0 Å². The maximum atomic E-state index is 11.7. The molecule has 0 aromatic rings. The molecule has 3 aliphatic rings. The minimum Gasteiger partial charge on any atom is -0.455 e. The first-order valence-corrected chi connectivity index (χ1v) is 6.74. The zero-order chi connectivity index (χ0) is 12.9. The SMILES string of the molecule is C=C1C(=O)O[C@@H]2[C@@H]1CC/C(C)=C\CC[C@@]1(C)O[C@@H]21. The molecule has 98 valence electrons. The minimum atomic E-state index is -0.233. The van der Waals surface area contributed by atoms with Gasteiger partial charge < -0.3 is 9.47 Å². The smallest absolute Gasteiger partial charge is 0.334 e. The molecule has 0 unspecified atom stereocenters. The third kappa shape index (κ3) is 1.81. The van der Waals surface area contributed by atoms with Gasteiger partial charge in [-0.15, -0.1) is 0 Å². The number of ether oxygens (including phenoxy) is 2. The van der Waals surface area contributed by atoms with E-state index in [1.807, 2.05) is 0 Å². The zero-order valence-electron chi connectivity index (χ0n) is 11.1. The first kappa shape index (κ1) is 12.0. The van der Waals surface area contributed by atoms with E-state index in [9.17, 15) is 4.79 Å². The van der Waals surface area contributed by atoms with Crippen molar-refractivity contribution >= 4 is 5.97 Å². The molecule has 2 fully saturated rings. The Morgan fingerprint density at radius 3 is 3.06 bits per heavy atom. The van der Waals surface area contributed by atoms with Crippen LogP contribution in [-0.4, -0.2) is 23.8 Å². The van der Waals surface area contributed by atoms with E-state index < -0.39 is 0 Å². The molecule has 0 N–H and O–H groups in total. The molecule has 3 rings (SSSR count). The molecule has 18 heavy (non-hydrogen) atoms. The summed E-state index contributed by atoms with van der Waals surface area (Å²) in [6.07, 6.45) is 6.25. The van der Waals surface area contributed by atoms with Crippen LogP contribution in [0.1, 0.15) is 39.5 Å². The van der Waals surface area contributed by atoms with Crippen LogP contribution in [0.2, 0.25) is 0 Å². The molecule has 3 nitrogen and oxygen atoms in total. The molecule has 0 amide bonds. The molecule has 4 atom stereocenters. The van der Waals surface area contributed by atoms with Crippen molar-refractivity contribution in [3.8, 4) is 0 Å². The number of fused-ring (bicyclic) bond motifs is 3. The second kappa shape index (κ2) is 3.95. The Balaban J connectivity index is 1.87. The topological polar surface area (TPSA) is 38.8 Å². The van der Waals surface area contributed by atoms with Gasteiger partial charge in [-0.1, -0.05) is 18.2 Å². The van der Waals surface area contributed by atoms with Crippen LogP contribution in [0.5, 0.6) is 0 Å². The zero-order valence-corrected chi connectivity index (χ0v) is 11.1. The van der Waals surface area contributed by atoms with E-state index in [0.717, 1.165) is 25.7 Å². The van der Waals surface area contributed by atoms with Gasteiger partial charge in [0.2, 0.25) is 0 Å². The Morgan fingerprint density at radius 1 is 1.50 bits per heavy atom. The second-order valence-electron chi connectivity index (χ2n) is 5.98. The number of hydrogen-bond donors (Lipinski definition) is 0. The van der Waals surface area contributed by atoms with Gasteiger partial charge in [-0.25, -0.2) is 4.79 Å². The average molecular weight is 248 g/mol. The first-order chi connectivity index (χ1) is 8.51. The van der Waals surface area contributed by atoms with Crippen LogP contribution in [0, 0.1) is 5.92 Å². The molecule has 3 heteroatoms. The Bertz CT molecular complexity index is 437. The number of rotatable bonds is 0. The van der Waals surface area contributed by atoms with E-state index in [1.165, 1.54) is 5.57 Å². The molecular weight excluding hydrogens is 228 g/mol. The quantitative estimate of drug-likeness (QED) is 0.286. The summed E-state index contributed by atoms with van der Waals surface area (Å²) in [6.45, 7) is 8.17. The highest BCUT2D eigenvalue weighted by molar-refractivity contribution is 5.91. The fraction of sp³-hybridized carbons (Fsp3) is 0.667. The molecule has 0 aromatic heterocycles. The van der Waals surface area contributed by atoms with E-state index in [0.29, 0.717) is 5.57 Å². The number of carbonyl (C=O) groups excluding carboxylic acids is 1. The van der Waals surface area contributed by atoms with Gasteiger partial charge in [-0.05, 0) is 39.5 Å². The lowest BCUT2D eigenvalue weighted by Gasteiger charge is -2.19. The van der Waals surface area contributed by atoms with Gasteiger partial charge >= 0.3 is 5.97 Å². The number of esters is 1. The predicted octanol–water partition coefficient (Wildman–Crippen LogP) is 2.76. The Kier molecular flexibility index (Phi) is 2.63. The molecule has 0 aromatic carbocycles. The lowest BCUT2D eigenvalue weighted by Crippen LogP contribution is -2.28. The van der Waals surface area contributed by atoms with Crippen LogP contribution in [0.3, 0.4) is 0 Å². The molecular formula is C15H20O3. The predicted molar refractivity (Wildman–Crippen MR) is 68.0 cm³/mol. The molecule has 2 saturated heterocycles. The Labute approximate surface area is 108 Å².